The molecule has 0 spiro atoms. The van der Waals surface area contributed by atoms with Crippen LogP contribution in [0.2, 0.25) is 0 Å². The largest absolute Gasteiger partial charge is 0.416 e. The number of nitrogens with zero attached hydrogens (tertiary/aromatic N) is 3. The van der Waals surface area contributed by atoms with Gasteiger partial charge in [0.2, 0.25) is 5.91 Å². The van der Waals surface area contributed by atoms with Crippen molar-refractivity contribution < 1.29 is 27.6 Å². The van der Waals surface area contributed by atoms with Crippen LogP contribution in [0.4, 0.5) is 40.8 Å². The second kappa shape index (κ2) is 11.0. The molecule has 3 amide bonds. The molecule has 212 valence electrons. The minimum atomic E-state index is -4.59. The van der Waals surface area contributed by atoms with Gasteiger partial charge in [-0.05, 0) is 67.1 Å². The van der Waals surface area contributed by atoms with E-state index >= 15 is 0 Å². The van der Waals surface area contributed by atoms with E-state index in [9.17, 15) is 27.6 Å². The molecule has 5 rings (SSSR count). The highest BCUT2D eigenvalue weighted by Gasteiger charge is 2.31. The Morgan fingerprint density at radius 3 is 2.38 bits per heavy atom. The summed E-state index contributed by atoms with van der Waals surface area (Å²) in [4.78, 5) is 45.9. The van der Waals surface area contributed by atoms with Crippen molar-refractivity contribution in [2.45, 2.75) is 13.1 Å². The van der Waals surface area contributed by atoms with Gasteiger partial charge >= 0.3 is 12.2 Å². The molecule has 0 aliphatic carbocycles. The van der Waals surface area contributed by atoms with Gasteiger partial charge in [-0.1, -0.05) is 18.2 Å². The fourth-order valence-electron chi connectivity index (χ4n) is 4.15. The van der Waals surface area contributed by atoms with Gasteiger partial charge in [0.15, 0.2) is 5.65 Å². The molecule has 3 aromatic carbocycles. The summed E-state index contributed by atoms with van der Waals surface area (Å²) in [5.41, 5.74) is 6.71. The number of hydrogen-bond acceptors (Lipinski definition) is 6. The number of fused-ring (bicyclic) bond motifs is 1. The number of alkyl halides is 3. The van der Waals surface area contributed by atoms with E-state index in [4.69, 9.17) is 5.73 Å². The lowest BCUT2D eigenvalue weighted by molar-refractivity contribution is -0.137. The van der Waals surface area contributed by atoms with Crippen molar-refractivity contribution in [3.05, 3.63) is 108 Å². The van der Waals surface area contributed by atoms with E-state index in [-0.39, 0.29) is 11.3 Å². The zero-order valence-corrected chi connectivity index (χ0v) is 21.9. The molecule has 0 unspecified atom stereocenters. The van der Waals surface area contributed by atoms with Crippen LogP contribution < -0.4 is 21.7 Å². The Bertz CT molecular complexity index is 1850. The van der Waals surface area contributed by atoms with Gasteiger partial charge in [-0.2, -0.15) is 13.2 Å². The van der Waals surface area contributed by atoms with Crippen molar-refractivity contribution in [2.75, 3.05) is 16.0 Å². The molecular weight excluding hydrogens is 551 g/mol. The van der Waals surface area contributed by atoms with Crippen LogP contribution in [0, 0.1) is 6.92 Å². The number of amides is 3. The Balaban J connectivity index is 1.35. The quantitative estimate of drug-likeness (QED) is 0.198. The summed E-state index contributed by atoms with van der Waals surface area (Å²) in [5.74, 6) is -0.927. The first kappa shape index (κ1) is 27.8. The van der Waals surface area contributed by atoms with Crippen LogP contribution in [0.15, 0.2) is 85.3 Å². The summed E-state index contributed by atoms with van der Waals surface area (Å²) in [6, 6.07) is 16.4. The number of hydrogen-bond donors (Lipinski definition) is 4. The van der Waals surface area contributed by atoms with Crippen LogP contribution in [0.25, 0.3) is 11.0 Å². The highest BCUT2D eigenvalue weighted by molar-refractivity contribution is 6.05. The Morgan fingerprint density at radius 2 is 1.62 bits per heavy atom. The number of carbonyl (C=O) groups excluding carboxylic acids is 3. The third-order valence-electron chi connectivity index (χ3n) is 6.30. The van der Waals surface area contributed by atoms with Crippen LogP contribution in [-0.4, -0.2) is 32.4 Å². The van der Waals surface area contributed by atoms with Crippen LogP contribution in [0.5, 0.6) is 0 Å². The molecule has 0 aliphatic heterocycles. The van der Waals surface area contributed by atoms with Crippen LogP contribution in [0.1, 0.15) is 31.8 Å². The smallest absolute Gasteiger partial charge is 0.366 e. The molecule has 0 atom stereocenters. The van der Waals surface area contributed by atoms with Crippen LogP contribution in [0.3, 0.4) is 0 Å². The SMILES string of the molecule is Cc1ccc(NC(=O)c2cccc(C(F)(F)F)c2)cc1NC(=O)n1ccc2c(Nc3cccc(C(N)=O)c3)ncnc21. The number of aryl methyl sites for hydroxylation is 1. The highest BCUT2D eigenvalue weighted by atomic mass is 19.4. The maximum absolute atomic E-state index is 13.2. The van der Waals surface area contributed by atoms with Gasteiger partial charge < -0.3 is 21.7 Å². The zero-order valence-electron chi connectivity index (χ0n) is 21.9. The standard InChI is InChI=1S/C29H22F3N7O3/c1-16-8-9-21(37-27(41)18-5-2-6-19(12-18)29(30,31)32)14-23(16)38-28(42)39-11-10-22-25(34-15-35-26(22)39)36-20-7-3-4-17(13-20)24(33)40/h2-15H,1H3,(H2,33,40)(H,37,41)(H,38,42)(H,34,35,36). The van der Waals surface area contributed by atoms with Crippen LogP contribution >= 0.6 is 0 Å². The predicted molar refractivity (Wildman–Crippen MR) is 151 cm³/mol. The number of benzene rings is 3. The molecule has 13 heteroatoms. The van der Waals surface area contributed by atoms with Gasteiger partial charge in [0.05, 0.1) is 10.9 Å². The van der Waals surface area contributed by atoms with E-state index in [1.807, 2.05) is 0 Å². The van der Waals surface area contributed by atoms with Gasteiger partial charge in [0.25, 0.3) is 5.91 Å². The van der Waals surface area contributed by atoms with E-state index in [1.54, 1.807) is 49.4 Å². The molecule has 0 radical (unpaired) electrons. The van der Waals surface area contributed by atoms with E-state index < -0.39 is 29.6 Å². The van der Waals surface area contributed by atoms with Crippen LogP contribution in [-0.2, 0) is 6.18 Å². The third kappa shape index (κ3) is 5.89. The minimum Gasteiger partial charge on any atom is -0.366 e. The van der Waals surface area contributed by atoms with Gasteiger partial charge in [-0.3, -0.25) is 14.2 Å². The summed E-state index contributed by atoms with van der Waals surface area (Å²) in [6.07, 6.45) is -1.80. The summed E-state index contributed by atoms with van der Waals surface area (Å²) >= 11 is 0. The van der Waals surface area contributed by atoms with Crippen molar-refractivity contribution in [3.8, 4) is 0 Å². The Hall–Kier alpha value is -5.72. The lowest BCUT2D eigenvalue weighted by Gasteiger charge is -2.13. The summed E-state index contributed by atoms with van der Waals surface area (Å²) in [5, 5.41) is 8.95. The number of nitrogens with two attached hydrogens (primary N) is 1. The van der Waals surface area contributed by atoms with E-state index in [1.165, 1.54) is 29.2 Å². The second-order valence-corrected chi connectivity index (χ2v) is 9.21. The first-order chi connectivity index (χ1) is 20.0. The number of primary amides is 1. The van der Waals surface area contributed by atoms with E-state index in [0.717, 1.165) is 18.2 Å². The summed E-state index contributed by atoms with van der Waals surface area (Å²) in [7, 11) is 0. The van der Waals surface area contributed by atoms with E-state index in [0.29, 0.717) is 39.4 Å². The normalized spacial score (nSPS) is 11.2. The van der Waals surface area contributed by atoms with Crippen molar-refractivity contribution in [1.29, 1.82) is 0 Å². The number of rotatable bonds is 6. The summed E-state index contributed by atoms with van der Waals surface area (Å²) < 4.78 is 40.4. The average molecular weight is 574 g/mol. The molecule has 0 aliphatic rings. The molecule has 5 aromatic rings. The van der Waals surface area contributed by atoms with E-state index in [2.05, 4.69) is 25.9 Å². The zero-order chi connectivity index (χ0) is 30.0. The molecule has 0 saturated heterocycles. The average Bonchev–Trinajstić information content (AvgIpc) is 3.40. The van der Waals surface area contributed by atoms with Gasteiger partial charge in [0, 0.05) is 34.4 Å². The molecule has 0 fully saturated rings. The molecule has 5 N–H and O–H groups in total. The Kier molecular flexibility index (Phi) is 7.32. The first-order valence-corrected chi connectivity index (χ1v) is 12.4. The fourth-order valence-corrected chi connectivity index (χ4v) is 4.15. The fraction of sp³-hybridized carbons (Fsp3) is 0.0690. The molecule has 10 nitrogen and oxygen atoms in total. The van der Waals surface area contributed by atoms with Crippen molar-refractivity contribution in [3.63, 3.8) is 0 Å². The summed E-state index contributed by atoms with van der Waals surface area (Å²) in [6.45, 7) is 1.74. The number of aromatic nitrogens is 3. The maximum atomic E-state index is 13.2. The van der Waals surface area contributed by atoms with Crippen molar-refractivity contribution in [1.82, 2.24) is 14.5 Å². The third-order valence-corrected chi connectivity index (χ3v) is 6.30. The topological polar surface area (TPSA) is 144 Å². The van der Waals surface area contributed by atoms with Crippen molar-refractivity contribution >= 4 is 51.8 Å². The maximum Gasteiger partial charge on any atom is 0.416 e. The minimum absolute atomic E-state index is 0.166. The monoisotopic (exact) mass is 573 g/mol. The Labute approximate surface area is 236 Å². The molecule has 0 bridgehead atoms. The number of carbonyl (C=O) groups is 3. The predicted octanol–water partition coefficient (Wildman–Crippen LogP) is 5.93. The Morgan fingerprint density at radius 1 is 0.857 bits per heavy atom. The molecule has 2 aromatic heterocycles. The second-order valence-electron chi connectivity index (χ2n) is 9.21. The number of anilines is 4. The number of nitrogens with one attached hydrogen (secondary N) is 3. The highest BCUT2D eigenvalue weighted by Crippen LogP contribution is 2.30. The van der Waals surface area contributed by atoms with Gasteiger partial charge in [-0.15, -0.1) is 0 Å². The van der Waals surface area contributed by atoms with Gasteiger partial charge in [0.1, 0.15) is 12.1 Å². The van der Waals surface area contributed by atoms with Gasteiger partial charge in [-0.25, -0.2) is 14.8 Å². The first-order valence-electron chi connectivity index (χ1n) is 12.4. The lowest BCUT2D eigenvalue weighted by Crippen LogP contribution is -2.20. The molecule has 42 heavy (non-hydrogen) atoms. The molecular formula is C29H22F3N7O3. The molecule has 2 heterocycles. The van der Waals surface area contributed by atoms with Crippen molar-refractivity contribution in [2.24, 2.45) is 5.73 Å². The lowest BCUT2D eigenvalue weighted by atomic mass is 10.1. The molecule has 0 saturated carbocycles. The number of halogens is 3.